The number of hydrogen-bond acceptors (Lipinski definition) is 4. The van der Waals surface area contributed by atoms with Crippen molar-refractivity contribution in [2.45, 2.75) is 17.7 Å². The molecule has 5 nitrogen and oxygen atoms in total. The molecule has 0 aliphatic carbocycles. The van der Waals surface area contributed by atoms with Crippen molar-refractivity contribution in [3.63, 3.8) is 0 Å². The minimum Gasteiger partial charge on any atom is -0.491 e. The van der Waals surface area contributed by atoms with E-state index in [0.29, 0.717) is 16.8 Å². The Morgan fingerprint density at radius 2 is 2.00 bits per heavy atom. The van der Waals surface area contributed by atoms with Gasteiger partial charge in [0.15, 0.2) is 0 Å². The van der Waals surface area contributed by atoms with E-state index in [4.69, 9.17) is 9.88 Å². The number of likely N-dealkylation sites (tertiary alicyclic amines) is 1. The van der Waals surface area contributed by atoms with Crippen LogP contribution in [0.4, 0.5) is 0 Å². The second-order valence-corrected chi connectivity index (χ2v) is 6.95. The van der Waals surface area contributed by atoms with Crippen molar-refractivity contribution >= 4 is 26.0 Å². The average molecular weight is 349 g/mol. The van der Waals surface area contributed by atoms with Gasteiger partial charge in [-0.2, -0.15) is 0 Å². The lowest BCUT2D eigenvalue weighted by Crippen LogP contribution is -2.25. The summed E-state index contributed by atoms with van der Waals surface area (Å²) in [5, 5.41) is 5.06. The van der Waals surface area contributed by atoms with E-state index in [-0.39, 0.29) is 4.90 Å². The van der Waals surface area contributed by atoms with E-state index < -0.39 is 10.0 Å². The Bertz CT molecular complexity index is 542. The summed E-state index contributed by atoms with van der Waals surface area (Å²) >= 11 is 3.29. The molecule has 1 aromatic carbocycles. The van der Waals surface area contributed by atoms with Gasteiger partial charge in [-0.05, 0) is 60.1 Å². The fourth-order valence-electron chi connectivity index (χ4n) is 2.07. The van der Waals surface area contributed by atoms with Crippen molar-refractivity contribution in [1.82, 2.24) is 4.90 Å². The van der Waals surface area contributed by atoms with Gasteiger partial charge >= 0.3 is 0 Å². The fraction of sp³-hybridized carbons (Fsp3) is 0.500. The number of sulfonamides is 1. The molecule has 2 rings (SSSR count). The molecule has 1 aliphatic rings. The number of benzene rings is 1. The minimum atomic E-state index is -3.67. The average Bonchev–Trinajstić information content (AvgIpc) is 2.83. The molecular weight excluding hydrogens is 332 g/mol. The summed E-state index contributed by atoms with van der Waals surface area (Å²) in [5.74, 6) is 0.631. The monoisotopic (exact) mass is 348 g/mol. The molecule has 19 heavy (non-hydrogen) atoms. The van der Waals surface area contributed by atoms with Gasteiger partial charge in [0.25, 0.3) is 0 Å². The van der Waals surface area contributed by atoms with Gasteiger partial charge in [0, 0.05) is 6.54 Å². The Hall–Kier alpha value is -0.630. The number of hydrogen-bond donors (Lipinski definition) is 1. The smallest absolute Gasteiger partial charge is 0.238 e. The van der Waals surface area contributed by atoms with Crippen LogP contribution in [0.1, 0.15) is 12.8 Å². The minimum absolute atomic E-state index is 0.0752. The highest BCUT2D eigenvalue weighted by molar-refractivity contribution is 9.10. The second kappa shape index (κ2) is 6.21. The topological polar surface area (TPSA) is 72.6 Å². The molecule has 0 atom stereocenters. The van der Waals surface area contributed by atoms with Crippen LogP contribution in [0.25, 0.3) is 0 Å². The van der Waals surface area contributed by atoms with Gasteiger partial charge < -0.3 is 4.74 Å². The Kier molecular flexibility index (Phi) is 4.83. The van der Waals surface area contributed by atoms with E-state index in [1.807, 2.05) is 0 Å². The Labute approximate surface area is 121 Å². The maximum absolute atomic E-state index is 11.2. The van der Waals surface area contributed by atoms with Crippen LogP contribution >= 0.6 is 15.9 Å². The Morgan fingerprint density at radius 1 is 1.32 bits per heavy atom. The van der Waals surface area contributed by atoms with E-state index in [0.717, 1.165) is 19.6 Å². The van der Waals surface area contributed by atoms with E-state index in [1.165, 1.54) is 25.0 Å². The van der Waals surface area contributed by atoms with Crippen molar-refractivity contribution in [1.29, 1.82) is 0 Å². The van der Waals surface area contributed by atoms with Gasteiger partial charge in [-0.1, -0.05) is 0 Å². The fourth-order valence-corrected chi connectivity index (χ4v) is 3.25. The highest BCUT2D eigenvalue weighted by atomic mass is 79.9. The largest absolute Gasteiger partial charge is 0.491 e. The summed E-state index contributed by atoms with van der Waals surface area (Å²) in [7, 11) is -3.67. The normalized spacial score (nSPS) is 16.7. The number of rotatable bonds is 5. The van der Waals surface area contributed by atoms with E-state index in [1.54, 1.807) is 6.07 Å². The van der Waals surface area contributed by atoms with Crippen LogP contribution < -0.4 is 9.88 Å². The van der Waals surface area contributed by atoms with Crippen molar-refractivity contribution in [3.8, 4) is 5.75 Å². The van der Waals surface area contributed by atoms with Crippen LogP contribution in [-0.4, -0.2) is 39.6 Å². The zero-order valence-electron chi connectivity index (χ0n) is 10.5. The molecule has 0 radical (unpaired) electrons. The molecule has 0 saturated carbocycles. The first-order valence-corrected chi connectivity index (χ1v) is 8.48. The van der Waals surface area contributed by atoms with Gasteiger partial charge in [0.1, 0.15) is 12.4 Å². The summed E-state index contributed by atoms with van der Waals surface area (Å²) in [4.78, 5) is 2.43. The van der Waals surface area contributed by atoms with E-state index in [9.17, 15) is 8.42 Å². The molecule has 1 saturated heterocycles. The number of primary sulfonamides is 1. The predicted octanol–water partition coefficient (Wildman–Crippen LogP) is 1.57. The maximum atomic E-state index is 11.2. The third-order valence-corrected chi connectivity index (χ3v) is 4.63. The molecule has 0 amide bonds. The molecule has 106 valence electrons. The SMILES string of the molecule is NS(=O)(=O)c1ccc(OCCN2CCCC2)c(Br)c1. The van der Waals surface area contributed by atoms with Gasteiger partial charge in [-0.25, -0.2) is 13.6 Å². The molecule has 1 aromatic rings. The van der Waals surface area contributed by atoms with Crippen LogP contribution in [0, 0.1) is 0 Å². The maximum Gasteiger partial charge on any atom is 0.238 e. The summed E-state index contributed by atoms with van der Waals surface area (Å²) in [6.07, 6.45) is 2.51. The van der Waals surface area contributed by atoms with Crippen molar-refractivity contribution < 1.29 is 13.2 Å². The van der Waals surface area contributed by atoms with E-state index in [2.05, 4.69) is 20.8 Å². The molecule has 1 heterocycles. The first-order valence-electron chi connectivity index (χ1n) is 6.14. The first kappa shape index (κ1) is 14.8. The summed E-state index contributed by atoms with van der Waals surface area (Å²) in [6.45, 7) is 3.75. The quantitative estimate of drug-likeness (QED) is 0.876. The van der Waals surface area contributed by atoms with Crippen molar-refractivity contribution in [2.75, 3.05) is 26.2 Å². The van der Waals surface area contributed by atoms with Crippen LogP contribution in [0.15, 0.2) is 27.6 Å². The standard InChI is InChI=1S/C12H17BrN2O3S/c13-11-9-10(19(14,16)17)3-4-12(11)18-8-7-15-5-1-2-6-15/h3-4,9H,1-2,5-8H2,(H2,14,16,17). The van der Waals surface area contributed by atoms with Crippen LogP contribution in [0.5, 0.6) is 5.75 Å². The summed E-state index contributed by atoms with van der Waals surface area (Å²) in [5.41, 5.74) is 0. The third-order valence-electron chi connectivity index (χ3n) is 3.10. The number of halogens is 1. The third kappa shape index (κ3) is 4.17. The lowest BCUT2D eigenvalue weighted by molar-refractivity contribution is 0.237. The van der Waals surface area contributed by atoms with Gasteiger partial charge in [-0.15, -0.1) is 0 Å². The first-order chi connectivity index (χ1) is 8.97. The van der Waals surface area contributed by atoms with E-state index >= 15 is 0 Å². The second-order valence-electron chi connectivity index (χ2n) is 4.53. The van der Waals surface area contributed by atoms with Gasteiger partial charge in [0.05, 0.1) is 9.37 Å². The molecule has 2 N–H and O–H groups in total. The Balaban J connectivity index is 1.93. The number of nitrogens with zero attached hydrogens (tertiary/aromatic N) is 1. The van der Waals surface area contributed by atoms with Gasteiger partial charge in [-0.3, -0.25) is 4.90 Å². The van der Waals surface area contributed by atoms with Crippen LogP contribution in [0.2, 0.25) is 0 Å². The summed E-state index contributed by atoms with van der Waals surface area (Å²) in [6, 6.07) is 4.53. The predicted molar refractivity (Wildman–Crippen MR) is 76.7 cm³/mol. The van der Waals surface area contributed by atoms with Crippen molar-refractivity contribution in [2.24, 2.45) is 5.14 Å². The highest BCUT2D eigenvalue weighted by Gasteiger charge is 2.13. The van der Waals surface area contributed by atoms with Crippen LogP contribution in [-0.2, 0) is 10.0 Å². The Morgan fingerprint density at radius 3 is 2.58 bits per heavy atom. The molecule has 1 fully saturated rings. The molecule has 0 aromatic heterocycles. The molecule has 0 spiro atoms. The number of nitrogens with two attached hydrogens (primary N) is 1. The molecule has 7 heteroatoms. The molecular formula is C12H17BrN2O3S. The lowest BCUT2D eigenvalue weighted by atomic mass is 10.3. The number of ether oxygens (including phenoxy) is 1. The highest BCUT2D eigenvalue weighted by Crippen LogP contribution is 2.27. The lowest BCUT2D eigenvalue weighted by Gasteiger charge is -2.15. The molecule has 1 aliphatic heterocycles. The zero-order valence-corrected chi connectivity index (χ0v) is 12.9. The van der Waals surface area contributed by atoms with Crippen molar-refractivity contribution in [3.05, 3.63) is 22.7 Å². The van der Waals surface area contributed by atoms with Crippen LogP contribution in [0.3, 0.4) is 0 Å². The zero-order chi connectivity index (χ0) is 13.9. The molecule has 0 bridgehead atoms. The molecule has 0 unspecified atom stereocenters. The summed E-state index contributed by atoms with van der Waals surface area (Å²) < 4.78 is 28.6. The van der Waals surface area contributed by atoms with Gasteiger partial charge in [0.2, 0.25) is 10.0 Å².